The lowest BCUT2D eigenvalue weighted by Crippen LogP contribution is -2.51. The zero-order valence-corrected chi connectivity index (χ0v) is 14.3. The van der Waals surface area contributed by atoms with Crippen molar-refractivity contribution in [2.45, 2.75) is 65.8 Å². The molecule has 2 nitrogen and oxygen atoms in total. The number of hydrogen-bond donors (Lipinski definition) is 0. The van der Waals surface area contributed by atoms with Crippen LogP contribution in [0.25, 0.3) is 0 Å². The Balaban J connectivity index is 2.17. The summed E-state index contributed by atoms with van der Waals surface area (Å²) in [6.45, 7) is 11.4. The first kappa shape index (κ1) is 16.5. The van der Waals surface area contributed by atoms with Crippen molar-refractivity contribution in [1.29, 1.82) is 0 Å². The van der Waals surface area contributed by atoms with Crippen molar-refractivity contribution in [3.05, 3.63) is 35.9 Å². The molecule has 0 N–H and O–H groups in total. The lowest BCUT2D eigenvalue weighted by molar-refractivity contribution is -0.175. The van der Waals surface area contributed by atoms with E-state index in [9.17, 15) is 0 Å². The second kappa shape index (κ2) is 6.10. The normalized spacial score (nSPS) is 29.0. The third kappa shape index (κ3) is 3.67. The summed E-state index contributed by atoms with van der Waals surface area (Å²) in [6, 6.07) is 10.5. The lowest BCUT2D eigenvalue weighted by atomic mass is 9.61. The van der Waals surface area contributed by atoms with E-state index in [1.165, 1.54) is 5.56 Å². The standard InChI is InChI=1S/C19H30O2/c1-14(15-10-8-7-9-11-15)21-17-18(2,3)12-16(20-6)13-19(17,4)5/h7-11,14,16-17H,12-13H2,1-6H3. The molecule has 1 aliphatic carbocycles. The molecular formula is C19H30O2. The molecule has 0 heterocycles. The van der Waals surface area contributed by atoms with Gasteiger partial charge in [-0.3, -0.25) is 0 Å². The molecule has 0 amide bonds. The smallest absolute Gasteiger partial charge is 0.0801 e. The molecule has 1 unspecified atom stereocenters. The monoisotopic (exact) mass is 290 g/mol. The minimum absolute atomic E-state index is 0.117. The van der Waals surface area contributed by atoms with Gasteiger partial charge in [-0.2, -0.15) is 0 Å². The van der Waals surface area contributed by atoms with E-state index in [1.54, 1.807) is 0 Å². The van der Waals surface area contributed by atoms with E-state index in [1.807, 2.05) is 13.2 Å². The van der Waals surface area contributed by atoms with Crippen molar-refractivity contribution in [3.63, 3.8) is 0 Å². The second-order valence-corrected chi connectivity index (χ2v) is 7.81. The molecule has 1 atom stereocenters. The zero-order valence-electron chi connectivity index (χ0n) is 14.3. The van der Waals surface area contributed by atoms with Gasteiger partial charge >= 0.3 is 0 Å². The average molecular weight is 290 g/mol. The molecule has 1 saturated carbocycles. The van der Waals surface area contributed by atoms with Crippen LogP contribution < -0.4 is 0 Å². The predicted octanol–water partition coefficient (Wildman–Crippen LogP) is 4.99. The Bertz CT molecular complexity index is 432. The van der Waals surface area contributed by atoms with Crippen LogP contribution >= 0.6 is 0 Å². The largest absolute Gasteiger partial charge is 0.381 e. The van der Waals surface area contributed by atoms with Crippen LogP contribution in [0.3, 0.4) is 0 Å². The molecule has 0 bridgehead atoms. The van der Waals surface area contributed by atoms with Crippen LogP contribution in [0.5, 0.6) is 0 Å². The van der Waals surface area contributed by atoms with Gasteiger partial charge in [0.1, 0.15) is 0 Å². The lowest BCUT2D eigenvalue weighted by Gasteiger charge is -2.52. The van der Waals surface area contributed by atoms with Gasteiger partial charge in [0.2, 0.25) is 0 Å². The van der Waals surface area contributed by atoms with Crippen molar-refractivity contribution >= 4 is 0 Å². The van der Waals surface area contributed by atoms with Crippen LogP contribution in [0.1, 0.15) is 59.1 Å². The van der Waals surface area contributed by atoms with Crippen LogP contribution in [0.15, 0.2) is 30.3 Å². The Hall–Kier alpha value is -0.860. The number of rotatable bonds is 4. The SMILES string of the molecule is COC1CC(C)(C)C(OC(C)c2ccccc2)C(C)(C)C1. The minimum Gasteiger partial charge on any atom is -0.381 e. The molecule has 2 rings (SSSR count). The highest BCUT2D eigenvalue weighted by Gasteiger charge is 2.49. The summed E-state index contributed by atoms with van der Waals surface area (Å²) in [6.07, 6.45) is 2.79. The molecule has 1 fully saturated rings. The first-order valence-corrected chi connectivity index (χ1v) is 7.99. The predicted molar refractivity (Wildman–Crippen MR) is 87.3 cm³/mol. The third-order valence-corrected chi connectivity index (χ3v) is 4.87. The number of benzene rings is 1. The Morgan fingerprint density at radius 3 is 2.00 bits per heavy atom. The van der Waals surface area contributed by atoms with Gasteiger partial charge < -0.3 is 9.47 Å². The molecule has 0 spiro atoms. The topological polar surface area (TPSA) is 18.5 Å². The number of methoxy groups -OCH3 is 1. The van der Waals surface area contributed by atoms with Crippen LogP contribution in [0.2, 0.25) is 0 Å². The fourth-order valence-electron chi connectivity index (χ4n) is 4.06. The molecule has 0 aromatic heterocycles. The fourth-order valence-corrected chi connectivity index (χ4v) is 4.06. The Labute approximate surface area is 129 Å². The summed E-state index contributed by atoms with van der Waals surface area (Å²) in [7, 11) is 1.82. The Morgan fingerprint density at radius 1 is 1.00 bits per heavy atom. The quantitative estimate of drug-likeness (QED) is 0.777. The van der Waals surface area contributed by atoms with Crippen LogP contribution in [-0.2, 0) is 9.47 Å². The molecule has 118 valence electrons. The van der Waals surface area contributed by atoms with Gasteiger partial charge in [-0.05, 0) is 36.2 Å². The molecule has 2 heteroatoms. The fraction of sp³-hybridized carbons (Fsp3) is 0.684. The molecule has 1 aromatic rings. The van der Waals surface area contributed by atoms with Crippen LogP contribution in [-0.4, -0.2) is 19.3 Å². The average Bonchev–Trinajstić information content (AvgIpc) is 2.42. The minimum atomic E-state index is 0.117. The maximum atomic E-state index is 6.55. The molecule has 0 aliphatic heterocycles. The van der Waals surface area contributed by atoms with Gasteiger partial charge in [0, 0.05) is 7.11 Å². The highest BCUT2D eigenvalue weighted by molar-refractivity contribution is 5.17. The van der Waals surface area contributed by atoms with Gasteiger partial charge in [-0.1, -0.05) is 58.0 Å². The van der Waals surface area contributed by atoms with E-state index in [0.717, 1.165) is 12.8 Å². The van der Waals surface area contributed by atoms with Gasteiger partial charge in [0.25, 0.3) is 0 Å². The van der Waals surface area contributed by atoms with Gasteiger partial charge in [0.15, 0.2) is 0 Å². The molecular weight excluding hydrogens is 260 g/mol. The van der Waals surface area contributed by atoms with Crippen LogP contribution in [0.4, 0.5) is 0 Å². The van der Waals surface area contributed by atoms with Gasteiger partial charge in [0.05, 0.1) is 18.3 Å². The summed E-state index contributed by atoms with van der Waals surface area (Å²) < 4.78 is 12.2. The van der Waals surface area contributed by atoms with Crippen molar-refractivity contribution in [2.75, 3.05) is 7.11 Å². The van der Waals surface area contributed by atoms with E-state index >= 15 is 0 Å². The van der Waals surface area contributed by atoms with Gasteiger partial charge in [-0.15, -0.1) is 0 Å². The molecule has 1 aliphatic rings. The van der Waals surface area contributed by atoms with E-state index in [-0.39, 0.29) is 23.0 Å². The Kier molecular flexibility index (Phi) is 4.79. The summed E-state index contributed by atoms with van der Waals surface area (Å²) in [5, 5.41) is 0. The number of hydrogen-bond acceptors (Lipinski definition) is 2. The highest BCUT2D eigenvalue weighted by atomic mass is 16.5. The summed E-state index contributed by atoms with van der Waals surface area (Å²) in [4.78, 5) is 0. The summed E-state index contributed by atoms with van der Waals surface area (Å²) >= 11 is 0. The van der Waals surface area contributed by atoms with Crippen molar-refractivity contribution in [1.82, 2.24) is 0 Å². The molecule has 0 radical (unpaired) electrons. The van der Waals surface area contributed by atoms with Crippen LogP contribution in [0, 0.1) is 10.8 Å². The maximum Gasteiger partial charge on any atom is 0.0801 e. The first-order chi connectivity index (χ1) is 9.76. The molecule has 21 heavy (non-hydrogen) atoms. The first-order valence-electron chi connectivity index (χ1n) is 7.99. The molecule has 1 aromatic carbocycles. The van der Waals surface area contributed by atoms with E-state index in [2.05, 4.69) is 58.9 Å². The number of ether oxygens (including phenoxy) is 2. The van der Waals surface area contributed by atoms with Crippen molar-refractivity contribution < 1.29 is 9.47 Å². The van der Waals surface area contributed by atoms with E-state index < -0.39 is 0 Å². The maximum absolute atomic E-state index is 6.55. The molecule has 0 saturated heterocycles. The zero-order chi connectivity index (χ0) is 15.7. The Morgan fingerprint density at radius 2 is 1.52 bits per heavy atom. The second-order valence-electron chi connectivity index (χ2n) is 7.81. The highest BCUT2D eigenvalue weighted by Crippen LogP contribution is 2.49. The van der Waals surface area contributed by atoms with E-state index in [4.69, 9.17) is 9.47 Å². The van der Waals surface area contributed by atoms with Crippen molar-refractivity contribution in [2.24, 2.45) is 10.8 Å². The van der Waals surface area contributed by atoms with Crippen molar-refractivity contribution in [3.8, 4) is 0 Å². The summed E-state index contributed by atoms with van der Waals surface area (Å²) in [5.41, 5.74) is 1.48. The van der Waals surface area contributed by atoms with Gasteiger partial charge in [-0.25, -0.2) is 0 Å². The third-order valence-electron chi connectivity index (χ3n) is 4.87. The van der Waals surface area contributed by atoms with E-state index in [0.29, 0.717) is 6.10 Å². The summed E-state index contributed by atoms with van der Waals surface area (Å²) in [5.74, 6) is 0.